The number of methoxy groups -OCH3 is 1. The molecule has 0 saturated carbocycles. The maximum Gasteiger partial charge on any atom is 0.195 e. The number of rotatable bonds is 4. The van der Waals surface area contributed by atoms with Crippen molar-refractivity contribution in [1.82, 2.24) is 4.98 Å². The largest absolute Gasteiger partial charge is 0.497 e. The summed E-state index contributed by atoms with van der Waals surface area (Å²) >= 11 is 3.51. The van der Waals surface area contributed by atoms with Gasteiger partial charge >= 0.3 is 0 Å². The molecule has 1 aromatic heterocycles. The Balaban J connectivity index is 1.93. The van der Waals surface area contributed by atoms with Crippen LogP contribution < -0.4 is 4.74 Å². The van der Waals surface area contributed by atoms with E-state index in [1.807, 2.05) is 48.5 Å². The van der Waals surface area contributed by atoms with Crippen LogP contribution in [0.1, 0.15) is 15.9 Å². The summed E-state index contributed by atoms with van der Waals surface area (Å²) in [7, 11) is 1.61. The summed E-state index contributed by atoms with van der Waals surface area (Å²) in [5.74, 6) is 0.711. The number of fused-ring (bicyclic) bond motifs is 1. The summed E-state index contributed by atoms with van der Waals surface area (Å²) in [5, 5.41) is 0.902. The van der Waals surface area contributed by atoms with Crippen LogP contribution in [0.4, 0.5) is 0 Å². The number of aromatic amines is 1. The van der Waals surface area contributed by atoms with Crippen molar-refractivity contribution in [2.45, 2.75) is 0 Å². The summed E-state index contributed by atoms with van der Waals surface area (Å²) in [6.45, 7) is 0. The Kier molecular flexibility index (Phi) is 4.35. The second-order valence-electron chi connectivity index (χ2n) is 5.99. The van der Waals surface area contributed by atoms with Crippen LogP contribution in [0.25, 0.3) is 22.2 Å². The normalized spacial score (nSPS) is 10.8. The van der Waals surface area contributed by atoms with Crippen molar-refractivity contribution in [2.24, 2.45) is 0 Å². The minimum Gasteiger partial charge on any atom is -0.497 e. The average molecular weight is 406 g/mol. The first-order valence-electron chi connectivity index (χ1n) is 8.23. The van der Waals surface area contributed by atoms with Gasteiger partial charge in [-0.25, -0.2) is 0 Å². The van der Waals surface area contributed by atoms with Crippen molar-refractivity contribution in [3.8, 4) is 17.0 Å². The summed E-state index contributed by atoms with van der Waals surface area (Å²) in [4.78, 5) is 16.8. The van der Waals surface area contributed by atoms with Gasteiger partial charge in [0, 0.05) is 20.9 Å². The molecule has 0 unspecified atom stereocenters. The van der Waals surface area contributed by atoms with E-state index in [0.717, 1.165) is 32.4 Å². The summed E-state index contributed by atoms with van der Waals surface area (Å²) in [6, 6.07) is 23.1. The molecule has 0 fully saturated rings. The Morgan fingerprint density at radius 2 is 1.69 bits per heavy atom. The van der Waals surface area contributed by atoms with Crippen LogP contribution in [0.2, 0.25) is 0 Å². The van der Waals surface area contributed by atoms with Crippen molar-refractivity contribution in [2.75, 3.05) is 7.11 Å². The van der Waals surface area contributed by atoms with E-state index < -0.39 is 0 Å². The third-order valence-corrected chi connectivity index (χ3v) is 4.90. The summed E-state index contributed by atoms with van der Waals surface area (Å²) in [6.07, 6.45) is 0. The van der Waals surface area contributed by atoms with Gasteiger partial charge in [-0.2, -0.15) is 0 Å². The van der Waals surface area contributed by atoms with Crippen LogP contribution in [0.3, 0.4) is 0 Å². The Morgan fingerprint density at radius 1 is 0.962 bits per heavy atom. The third kappa shape index (κ3) is 2.93. The predicted octanol–water partition coefficient (Wildman–Crippen LogP) is 5.84. The maximum atomic E-state index is 13.4. The number of hydrogen-bond acceptors (Lipinski definition) is 2. The standard InChI is InChI=1S/C22H16BrNO2/c1-26-17-10-7-15(8-11-17)22(25)20-18-13-16(23)9-12-19(18)24-21(20)14-5-3-2-4-6-14/h2-13,24H,1H3. The number of benzene rings is 3. The quantitative estimate of drug-likeness (QED) is 0.433. The lowest BCUT2D eigenvalue weighted by molar-refractivity contribution is 0.104. The van der Waals surface area contributed by atoms with Gasteiger partial charge < -0.3 is 9.72 Å². The molecule has 0 aliphatic rings. The number of carbonyl (C=O) groups is 1. The number of ether oxygens (including phenoxy) is 1. The van der Waals surface area contributed by atoms with Gasteiger partial charge in [-0.05, 0) is 48.0 Å². The predicted molar refractivity (Wildman–Crippen MR) is 108 cm³/mol. The molecule has 3 nitrogen and oxygen atoms in total. The van der Waals surface area contributed by atoms with Gasteiger partial charge in [0.1, 0.15) is 5.75 Å². The molecule has 26 heavy (non-hydrogen) atoms. The first-order valence-corrected chi connectivity index (χ1v) is 9.02. The molecule has 0 bridgehead atoms. The highest BCUT2D eigenvalue weighted by Gasteiger charge is 2.21. The van der Waals surface area contributed by atoms with Crippen LogP contribution in [0.5, 0.6) is 5.75 Å². The fraction of sp³-hybridized carbons (Fsp3) is 0.0455. The second-order valence-corrected chi connectivity index (χ2v) is 6.90. The van der Waals surface area contributed by atoms with Crippen LogP contribution in [-0.4, -0.2) is 17.9 Å². The summed E-state index contributed by atoms with van der Waals surface area (Å²) in [5.41, 5.74) is 4.06. The number of H-pyrrole nitrogens is 1. The molecule has 1 heterocycles. The third-order valence-electron chi connectivity index (χ3n) is 4.40. The lowest BCUT2D eigenvalue weighted by Gasteiger charge is -2.06. The zero-order chi connectivity index (χ0) is 18.1. The molecule has 0 spiro atoms. The van der Waals surface area contributed by atoms with Crippen LogP contribution in [0, 0.1) is 0 Å². The van der Waals surface area contributed by atoms with E-state index in [-0.39, 0.29) is 5.78 Å². The lowest BCUT2D eigenvalue weighted by atomic mass is 9.97. The first-order chi connectivity index (χ1) is 12.7. The number of carbonyl (C=O) groups excluding carboxylic acids is 1. The highest BCUT2D eigenvalue weighted by Crippen LogP contribution is 2.33. The van der Waals surface area contributed by atoms with E-state index in [1.54, 1.807) is 31.4 Å². The van der Waals surface area contributed by atoms with E-state index >= 15 is 0 Å². The van der Waals surface area contributed by atoms with Gasteiger partial charge in [-0.1, -0.05) is 46.3 Å². The molecule has 0 saturated heterocycles. The molecule has 4 heteroatoms. The number of ketones is 1. The molecular weight excluding hydrogens is 390 g/mol. The Bertz CT molecular complexity index is 1080. The number of aromatic nitrogens is 1. The van der Waals surface area contributed by atoms with Gasteiger partial charge in [-0.15, -0.1) is 0 Å². The SMILES string of the molecule is COc1ccc(C(=O)c2c(-c3ccccc3)[nH]c3ccc(Br)cc23)cc1. The maximum absolute atomic E-state index is 13.4. The van der Waals surface area contributed by atoms with Gasteiger partial charge in [0.25, 0.3) is 0 Å². The molecule has 0 aliphatic carbocycles. The minimum atomic E-state index is -0.0177. The molecule has 0 aliphatic heterocycles. The van der Waals surface area contributed by atoms with E-state index in [0.29, 0.717) is 11.1 Å². The molecule has 4 aromatic rings. The Morgan fingerprint density at radius 3 is 2.38 bits per heavy atom. The summed E-state index contributed by atoms with van der Waals surface area (Å²) < 4.78 is 6.13. The van der Waals surface area contributed by atoms with Gasteiger partial charge in [0.05, 0.1) is 18.4 Å². The van der Waals surface area contributed by atoms with E-state index in [2.05, 4.69) is 20.9 Å². The fourth-order valence-electron chi connectivity index (χ4n) is 3.11. The van der Waals surface area contributed by atoms with Crippen LogP contribution in [-0.2, 0) is 0 Å². The van der Waals surface area contributed by atoms with Crippen LogP contribution >= 0.6 is 15.9 Å². The van der Waals surface area contributed by atoms with Gasteiger partial charge in [-0.3, -0.25) is 4.79 Å². The van der Waals surface area contributed by atoms with Crippen molar-refractivity contribution in [3.05, 3.63) is 88.4 Å². The minimum absolute atomic E-state index is 0.0177. The van der Waals surface area contributed by atoms with Crippen LogP contribution in [0.15, 0.2) is 77.3 Å². The highest BCUT2D eigenvalue weighted by molar-refractivity contribution is 9.10. The van der Waals surface area contributed by atoms with Crippen molar-refractivity contribution in [3.63, 3.8) is 0 Å². The molecular formula is C22H16BrNO2. The number of nitrogens with one attached hydrogen (secondary N) is 1. The zero-order valence-corrected chi connectivity index (χ0v) is 15.7. The molecule has 4 rings (SSSR count). The fourth-order valence-corrected chi connectivity index (χ4v) is 3.47. The zero-order valence-electron chi connectivity index (χ0n) is 14.1. The Hall–Kier alpha value is -2.85. The van der Waals surface area contributed by atoms with E-state index in [4.69, 9.17) is 4.74 Å². The lowest BCUT2D eigenvalue weighted by Crippen LogP contribution is -2.02. The Labute approximate surface area is 159 Å². The number of halogens is 1. The van der Waals surface area contributed by atoms with Crippen molar-refractivity contribution in [1.29, 1.82) is 0 Å². The van der Waals surface area contributed by atoms with E-state index in [1.165, 1.54) is 0 Å². The first kappa shape index (κ1) is 16.6. The van der Waals surface area contributed by atoms with Gasteiger partial charge in [0.2, 0.25) is 0 Å². The van der Waals surface area contributed by atoms with Crippen molar-refractivity contribution >= 4 is 32.6 Å². The molecule has 0 amide bonds. The second kappa shape index (κ2) is 6.81. The van der Waals surface area contributed by atoms with Gasteiger partial charge in [0.15, 0.2) is 5.78 Å². The molecule has 0 radical (unpaired) electrons. The average Bonchev–Trinajstić information content (AvgIpc) is 3.06. The van der Waals surface area contributed by atoms with E-state index in [9.17, 15) is 4.79 Å². The topological polar surface area (TPSA) is 42.1 Å². The molecule has 0 atom stereocenters. The van der Waals surface area contributed by atoms with Crippen molar-refractivity contribution < 1.29 is 9.53 Å². The number of hydrogen-bond donors (Lipinski definition) is 1. The molecule has 1 N–H and O–H groups in total. The molecule has 3 aromatic carbocycles. The monoisotopic (exact) mass is 405 g/mol. The smallest absolute Gasteiger partial charge is 0.195 e. The molecule has 128 valence electrons. The highest BCUT2D eigenvalue weighted by atomic mass is 79.9.